The van der Waals surface area contributed by atoms with Crippen molar-refractivity contribution in [2.75, 3.05) is 0 Å². The summed E-state index contributed by atoms with van der Waals surface area (Å²) in [6.45, 7) is 3.76. The highest BCUT2D eigenvalue weighted by molar-refractivity contribution is 5.70. The van der Waals surface area contributed by atoms with Crippen molar-refractivity contribution >= 4 is 11.2 Å². The lowest BCUT2D eigenvalue weighted by atomic mass is 10.1. The van der Waals surface area contributed by atoms with E-state index in [1.165, 1.54) is 62.4 Å². The first-order valence-electron chi connectivity index (χ1n) is 10.3. The number of unbranched alkanes of at least 4 members (excludes halogenated alkanes) is 10. The highest BCUT2D eigenvalue weighted by Gasteiger charge is 2.14. The zero-order valence-electron chi connectivity index (χ0n) is 16.9. The minimum atomic E-state index is -0.419. The Morgan fingerprint density at radius 2 is 1.44 bits per heavy atom. The molecule has 150 valence electrons. The van der Waals surface area contributed by atoms with Crippen molar-refractivity contribution < 1.29 is 0 Å². The van der Waals surface area contributed by atoms with Crippen LogP contribution < -0.4 is 11.2 Å². The number of nitrogens with zero attached hydrogens (tertiary/aromatic N) is 3. The molecule has 0 saturated carbocycles. The van der Waals surface area contributed by atoms with Gasteiger partial charge in [0.2, 0.25) is 0 Å². The first kappa shape index (κ1) is 21.2. The van der Waals surface area contributed by atoms with Crippen LogP contribution in [0.3, 0.4) is 0 Å². The quantitative estimate of drug-likeness (QED) is 0.426. The number of nitrogens with one attached hydrogen (secondary N) is 1. The molecule has 0 bridgehead atoms. The van der Waals surface area contributed by atoms with Crippen molar-refractivity contribution in [2.45, 2.75) is 77.0 Å². The van der Waals surface area contributed by atoms with Crippen LogP contribution in [-0.2, 0) is 20.5 Å². The maximum absolute atomic E-state index is 12.0. The Balaban J connectivity index is 1.67. The van der Waals surface area contributed by atoms with Crippen molar-refractivity contribution in [2.24, 2.45) is 14.1 Å². The number of hydrogen-bond acceptors (Lipinski definition) is 3. The summed E-state index contributed by atoms with van der Waals surface area (Å²) in [5.41, 5.74) is 0.159. The van der Waals surface area contributed by atoms with E-state index in [-0.39, 0.29) is 5.56 Å². The molecule has 0 radical (unpaired) electrons. The first-order chi connectivity index (χ1) is 13.1. The molecule has 0 aliphatic carbocycles. The minimum absolute atomic E-state index is 0.362. The fourth-order valence-electron chi connectivity index (χ4n) is 3.56. The van der Waals surface area contributed by atoms with Crippen LogP contribution in [0.25, 0.3) is 11.2 Å². The normalized spacial score (nSPS) is 11.3. The summed E-state index contributed by atoms with van der Waals surface area (Å²) in [5, 5.41) is 0. The maximum atomic E-state index is 12.0. The predicted octanol–water partition coefficient (Wildman–Crippen LogP) is 3.98. The lowest BCUT2D eigenvalue weighted by Crippen LogP contribution is -2.29. The summed E-state index contributed by atoms with van der Waals surface area (Å²) in [6, 6.07) is 0. The van der Waals surface area contributed by atoms with Crippen LogP contribution in [0, 0.1) is 0 Å². The van der Waals surface area contributed by atoms with Crippen LogP contribution in [-0.4, -0.2) is 19.1 Å². The summed E-state index contributed by atoms with van der Waals surface area (Å²) in [5.74, 6) is 0.872. The Labute approximate surface area is 161 Å². The van der Waals surface area contributed by atoms with Gasteiger partial charge in [-0.25, -0.2) is 9.78 Å². The van der Waals surface area contributed by atoms with E-state index in [0.29, 0.717) is 11.2 Å². The van der Waals surface area contributed by atoms with E-state index in [4.69, 9.17) is 0 Å². The summed E-state index contributed by atoms with van der Waals surface area (Å²) >= 11 is 0. The summed E-state index contributed by atoms with van der Waals surface area (Å²) in [4.78, 5) is 30.6. The zero-order valence-corrected chi connectivity index (χ0v) is 16.9. The molecule has 0 saturated heterocycles. The standard InChI is InChI=1S/C21H34N4O2/c1-4-5-6-7-8-9-10-11-12-13-14-15-16-17-22-19-18(24(17)2)20(26)23-21(27)25(19)3/h4H,1,5-16H2,2-3H3,(H,23,26,27). The molecular weight excluding hydrogens is 340 g/mol. The van der Waals surface area contributed by atoms with Gasteiger partial charge >= 0.3 is 5.69 Å². The third kappa shape index (κ3) is 5.94. The molecule has 2 rings (SSSR count). The van der Waals surface area contributed by atoms with Gasteiger partial charge in [-0.15, -0.1) is 6.58 Å². The smallest absolute Gasteiger partial charge is 0.325 e. The number of aryl methyl sites for hydroxylation is 3. The molecule has 1 N–H and O–H groups in total. The van der Waals surface area contributed by atoms with Crippen LogP contribution in [0.1, 0.15) is 76.5 Å². The van der Waals surface area contributed by atoms with E-state index in [1.54, 1.807) is 7.05 Å². The lowest BCUT2D eigenvalue weighted by Gasteiger charge is -2.03. The average molecular weight is 375 g/mol. The number of hydrogen-bond donors (Lipinski definition) is 1. The second-order valence-corrected chi connectivity index (χ2v) is 7.44. The van der Waals surface area contributed by atoms with Crippen molar-refractivity contribution in [3.63, 3.8) is 0 Å². The van der Waals surface area contributed by atoms with E-state index in [1.807, 2.05) is 17.7 Å². The molecule has 6 heteroatoms. The SMILES string of the molecule is C=CCCCCCCCCCCCCc1nc2c(c(=O)[nH]c(=O)n2C)n1C. The predicted molar refractivity (Wildman–Crippen MR) is 111 cm³/mol. The molecule has 0 aliphatic heterocycles. The third-order valence-electron chi connectivity index (χ3n) is 5.29. The van der Waals surface area contributed by atoms with Gasteiger partial charge in [-0.1, -0.05) is 57.4 Å². The van der Waals surface area contributed by atoms with Gasteiger partial charge in [0.25, 0.3) is 5.56 Å². The Bertz CT molecular complexity index is 844. The molecule has 0 aliphatic rings. The summed E-state index contributed by atoms with van der Waals surface area (Å²) in [6.07, 6.45) is 16.8. The van der Waals surface area contributed by atoms with Gasteiger partial charge in [-0.2, -0.15) is 0 Å². The van der Waals surface area contributed by atoms with Gasteiger partial charge in [0.05, 0.1) is 0 Å². The molecule has 0 atom stereocenters. The molecule has 0 unspecified atom stereocenters. The van der Waals surface area contributed by atoms with Gasteiger partial charge in [0.1, 0.15) is 5.82 Å². The fourth-order valence-corrected chi connectivity index (χ4v) is 3.56. The van der Waals surface area contributed by atoms with Crippen molar-refractivity contribution in [1.82, 2.24) is 19.1 Å². The molecule has 2 aromatic heterocycles. The molecule has 6 nitrogen and oxygen atoms in total. The van der Waals surface area contributed by atoms with Crippen LogP contribution >= 0.6 is 0 Å². The number of aromatic amines is 1. The summed E-state index contributed by atoms with van der Waals surface area (Å²) in [7, 11) is 3.48. The third-order valence-corrected chi connectivity index (χ3v) is 5.29. The van der Waals surface area contributed by atoms with Crippen LogP contribution in [0.4, 0.5) is 0 Å². The molecular formula is C21H34N4O2. The lowest BCUT2D eigenvalue weighted by molar-refractivity contribution is 0.549. The van der Waals surface area contributed by atoms with Gasteiger partial charge in [-0.05, 0) is 19.3 Å². The second kappa shape index (κ2) is 10.9. The summed E-state index contributed by atoms with van der Waals surface area (Å²) < 4.78 is 3.22. The Kier molecular flexibility index (Phi) is 8.55. The number of imidazole rings is 1. The number of H-pyrrole nitrogens is 1. The van der Waals surface area contributed by atoms with Gasteiger partial charge in [-0.3, -0.25) is 14.3 Å². The molecule has 2 aromatic rings. The molecule has 0 aromatic carbocycles. The van der Waals surface area contributed by atoms with Crippen molar-refractivity contribution in [3.05, 3.63) is 39.3 Å². The number of rotatable bonds is 13. The fraction of sp³-hybridized carbons (Fsp3) is 0.667. The van der Waals surface area contributed by atoms with Crippen molar-refractivity contribution in [1.29, 1.82) is 0 Å². The monoisotopic (exact) mass is 374 g/mol. The zero-order chi connectivity index (χ0) is 19.6. The van der Waals surface area contributed by atoms with Crippen LogP contribution in [0.15, 0.2) is 22.2 Å². The first-order valence-corrected chi connectivity index (χ1v) is 10.3. The van der Waals surface area contributed by atoms with E-state index < -0.39 is 5.69 Å². The molecule has 0 spiro atoms. The molecule has 0 fully saturated rings. The Morgan fingerprint density at radius 1 is 0.889 bits per heavy atom. The Hall–Kier alpha value is -2.11. The highest BCUT2D eigenvalue weighted by Crippen LogP contribution is 2.14. The van der Waals surface area contributed by atoms with Crippen molar-refractivity contribution in [3.8, 4) is 0 Å². The van der Waals surface area contributed by atoms with Crippen LogP contribution in [0.2, 0.25) is 0 Å². The van der Waals surface area contributed by atoms with Gasteiger partial charge < -0.3 is 4.57 Å². The number of fused-ring (bicyclic) bond motifs is 1. The average Bonchev–Trinajstić information content (AvgIpc) is 2.98. The number of aromatic nitrogens is 4. The van der Waals surface area contributed by atoms with E-state index in [9.17, 15) is 9.59 Å². The molecule has 2 heterocycles. The Morgan fingerprint density at radius 3 is 2.04 bits per heavy atom. The van der Waals surface area contributed by atoms with Crippen LogP contribution in [0.5, 0.6) is 0 Å². The van der Waals surface area contributed by atoms with E-state index in [0.717, 1.165) is 25.1 Å². The molecule has 27 heavy (non-hydrogen) atoms. The van der Waals surface area contributed by atoms with E-state index >= 15 is 0 Å². The van der Waals surface area contributed by atoms with Gasteiger partial charge in [0.15, 0.2) is 11.2 Å². The van der Waals surface area contributed by atoms with Gasteiger partial charge in [0, 0.05) is 20.5 Å². The maximum Gasteiger partial charge on any atom is 0.329 e. The number of allylic oxidation sites excluding steroid dienone is 1. The minimum Gasteiger partial charge on any atom is -0.325 e. The van der Waals surface area contributed by atoms with E-state index in [2.05, 4.69) is 16.5 Å². The second-order valence-electron chi connectivity index (χ2n) is 7.44. The topological polar surface area (TPSA) is 72.7 Å². The highest BCUT2D eigenvalue weighted by atomic mass is 16.2. The molecule has 0 amide bonds. The largest absolute Gasteiger partial charge is 0.329 e.